The predicted molar refractivity (Wildman–Crippen MR) is 59.2 cm³/mol. The van der Waals surface area contributed by atoms with Crippen LogP contribution in [0, 0.1) is 0 Å². The predicted octanol–water partition coefficient (Wildman–Crippen LogP) is 0.983. The maximum absolute atomic E-state index is 5.52. The average molecular weight is 202 g/mol. The zero-order chi connectivity index (χ0) is 10.7. The van der Waals surface area contributed by atoms with Crippen LogP contribution in [0.15, 0.2) is 30.6 Å². The van der Waals surface area contributed by atoms with Gasteiger partial charge in [0.2, 0.25) is 0 Å². The molecule has 4 heteroatoms. The minimum atomic E-state index is 0.645. The van der Waals surface area contributed by atoms with Gasteiger partial charge in [-0.3, -0.25) is 9.67 Å². The molecule has 0 radical (unpaired) electrons. The monoisotopic (exact) mass is 202 g/mol. The SMILES string of the molecule is Cn1nc(-c2cccnc2)cc1CCN. The van der Waals surface area contributed by atoms with E-state index in [1.165, 1.54) is 0 Å². The van der Waals surface area contributed by atoms with Crippen LogP contribution in [0.3, 0.4) is 0 Å². The molecule has 4 nitrogen and oxygen atoms in total. The summed E-state index contributed by atoms with van der Waals surface area (Å²) in [5.74, 6) is 0. The van der Waals surface area contributed by atoms with Crippen molar-refractivity contribution in [3.05, 3.63) is 36.3 Å². The second-order valence-corrected chi connectivity index (χ2v) is 3.42. The number of hydrogen-bond acceptors (Lipinski definition) is 3. The topological polar surface area (TPSA) is 56.7 Å². The number of nitrogens with zero attached hydrogens (tertiary/aromatic N) is 3. The molecule has 78 valence electrons. The number of pyridine rings is 1. The number of nitrogens with two attached hydrogens (primary N) is 1. The van der Waals surface area contributed by atoms with Crippen molar-refractivity contribution in [1.29, 1.82) is 0 Å². The van der Waals surface area contributed by atoms with E-state index >= 15 is 0 Å². The first kappa shape index (κ1) is 9.86. The molecule has 15 heavy (non-hydrogen) atoms. The Morgan fingerprint density at radius 3 is 3.00 bits per heavy atom. The van der Waals surface area contributed by atoms with Crippen LogP contribution in [-0.2, 0) is 13.5 Å². The lowest BCUT2D eigenvalue weighted by Crippen LogP contribution is -2.06. The van der Waals surface area contributed by atoms with Crippen molar-refractivity contribution in [3.8, 4) is 11.3 Å². The molecular formula is C11H14N4. The Balaban J connectivity index is 2.34. The van der Waals surface area contributed by atoms with E-state index in [2.05, 4.69) is 16.1 Å². The van der Waals surface area contributed by atoms with Gasteiger partial charge in [0.05, 0.1) is 5.69 Å². The van der Waals surface area contributed by atoms with E-state index in [0.29, 0.717) is 6.54 Å². The number of rotatable bonds is 3. The van der Waals surface area contributed by atoms with Crippen LogP contribution < -0.4 is 5.73 Å². The first-order chi connectivity index (χ1) is 7.31. The van der Waals surface area contributed by atoms with Gasteiger partial charge in [-0.25, -0.2) is 0 Å². The summed E-state index contributed by atoms with van der Waals surface area (Å²) in [6, 6.07) is 5.97. The molecule has 0 saturated carbocycles. The zero-order valence-corrected chi connectivity index (χ0v) is 8.72. The summed E-state index contributed by atoms with van der Waals surface area (Å²) in [6.07, 6.45) is 4.42. The maximum atomic E-state index is 5.52. The standard InChI is InChI=1S/C11H14N4/c1-15-10(4-5-12)7-11(14-15)9-3-2-6-13-8-9/h2-3,6-8H,4-5,12H2,1H3. The van der Waals surface area contributed by atoms with Gasteiger partial charge in [-0.1, -0.05) is 0 Å². The third-order valence-corrected chi connectivity index (χ3v) is 2.33. The summed E-state index contributed by atoms with van der Waals surface area (Å²) in [5, 5.41) is 4.42. The van der Waals surface area contributed by atoms with Crippen LogP contribution in [0.5, 0.6) is 0 Å². The molecule has 0 amide bonds. The second kappa shape index (κ2) is 4.23. The van der Waals surface area contributed by atoms with E-state index < -0.39 is 0 Å². The summed E-state index contributed by atoms with van der Waals surface area (Å²) in [7, 11) is 1.94. The van der Waals surface area contributed by atoms with Crippen LogP contribution in [0.4, 0.5) is 0 Å². The van der Waals surface area contributed by atoms with Gasteiger partial charge in [0.15, 0.2) is 0 Å². The summed E-state index contributed by atoms with van der Waals surface area (Å²) in [4.78, 5) is 4.07. The molecule has 0 aromatic carbocycles. The van der Waals surface area contributed by atoms with Gasteiger partial charge >= 0.3 is 0 Å². The molecular weight excluding hydrogens is 188 g/mol. The number of aromatic nitrogens is 3. The Morgan fingerprint density at radius 1 is 1.47 bits per heavy atom. The van der Waals surface area contributed by atoms with Gasteiger partial charge < -0.3 is 5.73 Å². The second-order valence-electron chi connectivity index (χ2n) is 3.42. The third-order valence-electron chi connectivity index (χ3n) is 2.33. The Morgan fingerprint density at radius 2 is 2.33 bits per heavy atom. The molecule has 0 saturated heterocycles. The van der Waals surface area contributed by atoms with E-state index in [4.69, 9.17) is 5.73 Å². The van der Waals surface area contributed by atoms with Gasteiger partial charge in [-0.2, -0.15) is 5.10 Å². The van der Waals surface area contributed by atoms with Crippen molar-refractivity contribution >= 4 is 0 Å². The van der Waals surface area contributed by atoms with E-state index in [9.17, 15) is 0 Å². The molecule has 0 aliphatic rings. The molecule has 0 bridgehead atoms. The summed E-state index contributed by atoms with van der Waals surface area (Å²) in [5.41, 5.74) is 8.66. The van der Waals surface area contributed by atoms with Crippen molar-refractivity contribution in [2.24, 2.45) is 12.8 Å². The lowest BCUT2D eigenvalue weighted by molar-refractivity contribution is 0.708. The molecule has 2 heterocycles. The molecule has 0 fully saturated rings. The van der Waals surface area contributed by atoms with E-state index in [-0.39, 0.29) is 0 Å². The first-order valence-corrected chi connectivity index (χ1v) is 4.94. The highest BCUT2D eigenvalue weighted by molar-refractivity contribution is 5.57. The Kier molecular flexibility index (Phi) is 2.78. The smallest absolute Gasteiger partial charge is 0.0941 e. The number of hydrogen-bond donors (Lipinski definition) is 1. The lowest BCUT2D eigenvalue weighted by Gasteiger charge is -1.96. The Hall–Kier alpha value is -1.68. The van der Waals surface area contributed by atoms with Crippen molar-refractivity contribution in [3.63, 3.8) is 0 Å². The van der Waals surface area contributed by atoms with Gasteiger partial charge in [0, 0.05) is 37.1 Å². The summed E-state index contributed by atoms with van der Waals surface area (Å²) < 4.78 is 1.87. The van der Waals surface area contributed by atoms with Crippen molar-refractivity contribution < 1.29 is 0 Å². The molecule has 0 aliphatic carbocycles. The first-order valence-electron chi connectivity index (χ1n) is 4.94. The fraction of sp³-hybridized carbons (Fsp3) is 0.273. The largest absolute Gasteiger partial charge is 0.330 e. The summed E-state index contributed by atoms with van der Waals surface area (Å²) >= 11 is 0. The molecule has 0 aliphatic heterocycles. The van der Waals surface area contributed by atoms with E-state index in [0.717, 1.165) is 23.4 Å². The summed E-state index contributed by atoms with van der Waals surface area (Å²) in [6.45, 7) is 0.645. The molecule has 2 aromatic rings. The minimum Gasteiger partial charge on any atom is -0.330 e. The van der Waals surface area contributed by atoms with Crippen LogP contribution in [0.1, 0.15) is 5.69 Å². The Labute approximate surface area is 88.8 Å². The van der Waals surface area contributed by atoms with Gasteiger partial charge in [0.25, 0.3) is 0 Å². The highest BCUT2D eigenvalue weighted by atomic mass is 15.3. The molecule has 0 atom stereocenters. The molecule has 2 aromatic heterocycles. The number of aryl methyl sites for hydroxylation is 1. The van der Waals surface area contributed by atoms with Crippen LogP contribution in [0.2, 0.25) is 0 Å². The third kappa shape index (κ3) is 2.05. The van der Waals surface area contributed by atoms with Crippen LogP contribution in [-0.4, -0.2) is 21.3 Å². The average Bonchev–Trinajstić information content (AvgIpc) is 2.63. The molecule has 0 unspecified atom stereocenters. The van der Waals surface area contributed by atoms with E-state index in [1.807, 2.05) is 30.1 Å². The molecule has 0 spiro atoms. The van der Waals surface area contributed by atoms with Gasteiger partial charge in [-0.15, -0.1) is 0 Å². The van der Waals surface area contributed by atoms with Crippen molar-refractivity contribution in [1.82, 2.24) is 14.8 Å². The highest BCUT2D eigenvalue weighted by Gasteiger charge is 2.05. The molecule has 2 rings (SSSR count). The molecule has 2 N–H and O–H groups in total. The van der Waals surface area contributed by atoms with Crippen molar-refractivity contribution in [2.75, 3.05) is 6.54 Å². The Bertz CT molecular complexity index is 433. The fourth-order valence-corrected chi connectivity index (χ4v) is 1.54. The van der Waals surface area contributed by atoms with Gasteiger partial charge in [0.1, 0.15) is 0 Å². The normalized spacial score (nSPS) is 10.5. The van der Waals surface area contributed by atoms with E-state index in [1.54, 1.807) is 6.20 Å². The zero-order valence-electron chi connectivity index (χ0n) is 8.72. The lowest BCUT2D eigenvalue weighted by atomic mass is 10.2. The maximum Gasteiger partial charge on any atom is 0.0941 e. The van der Waals surface area contributed by atoms with Crippen LogP contribution in [0.25, 0.3) is 11.3 Å². The van der Waals surface area contributed by atoms with Crippen LogP contribution >= 0.6 is 0 Å². The fourth-order valence-electron chi connectivity index (χ4n) is 1.54. The quantitative estimate of drug-likeness (QED) is 0.807. The van der Waals surface area contributed by atoms with Crippen molar-refractivity contribution in [2.45, 2.75) is 6.42 Å². The van der Waals surface area contributed by atoms with Gasteiger partial charge in [-0.05, 0) is 24.7 Å². The minimum absolute atomic E-state index is 0.645. The highest BCUT2D eigenvalue weighted by Crippen LogP contribution is 2.17.